The van der Waals surface area contributed by atoms with Crippen molar-refractivity contribution >= 4 is 22.9 Å². The van der Waals surface area contributed by atoms with Crippen molar-refractivity contribution in [1.29, 1.82) is 0 Å². The predicted octanol–water partition coefficient (Wildman–Crippen LogP) is 8.72. The Kier molecular flexibility index (Phi) is 13.3. The Morgan fingerprint density at radius 1 is 0.838 bits per heavy atom. The monoisotopic (exact) mass is 521 g/mol. The van der Waals surface area contributed by atoms with Gasteiger partial charge in [-0.15, -0.1) is 0 Å². The molecular formula is C32H45N2O2S+. The van der Waals surface area contributed by atoms with Gasteiger partial charge in [-0.3, -0.25) is 4.79 Å². The Bertz CT molecular complexity index is 1040. The molecule has 37 heavy (non-hydrogen) atoms. The summed E-state index contributed by atoms with van der Waals surface area (Å²) in [6.45, 7) is 5.87. The highest BCUT2D eigenvalue weighted by atomic mass is 32.1. The molecule has 0 atom stereocenters. The Labute approximate surface area is 228 Å². The standard InChI is InChI=1S/C32H44N2O2S/c1-3-4-5-6-7-8-9-10-11-12-13-16-23-36-31-18-15-14-17-30(31)33-32(35)29-21-19-28(20-22-29)24-34-26-37-25-27(34)2/h14-15,17-22,25-26H,3-13,16,23-24H2,1-2H3/p+1. The number of rotatable bonds is 18. The zero-order valence-corrected chi connectivity index (χ0v) is 23.7. The highest BCUT2D eigenvalue weighted by Gasteiger charge is 2.12. The van der Waals surface area contributed by atoms with Gasteiger partial charge >= 0.3 is 0 Å². The quantitative estimate of drug-likeness (QED) is 0.134. The number of hydrogen-bond donors (Lipinski definition) is 1. The van der Waals surface area contributed by atoms with Crippen molar-refractivity contribution in [2.45, 2.75) is 97.4 Å². The molecule has 3 aromatic rings. The third-order valence-corrected chi connectivity index (χ3v) is 7.69. The third kappa shape index (κ3) is 10.7. The van der Waals surface area contributed by atoms with Gasteiger partial charge in [0, 0.05) is 18.1 Å². The van der Waals surface area contributed by atoms with Crippen molar-refractivity contribution in [3.63, 3.8) is 0 Å². The molecule has 4 nitrogen and oxygen atoms in total. The van der Waals surface area contributed by atoms with Crippen LogP contribution in [0.5, 0.6) is 5.75 Å². The van der Waals surface area contributed by atoms with Gasteiger partial charge in [0.25, 0.3) is 5.91 Å². The maximum absolute atomic E-state index is 12.9. The number of para-hydroxylation sites is 2. The summed E-state index contributed by atoms with van der Waals surface area (Å²) in [5.41, 5.74) is 5.90. The van der Waals surface area contributed by atoms with E-state index >= 15 is 0 Å². The van der Waals surface area contributed by atoms with Crippen LogP contribution in [-0.2, 0) is 6.54 Å². The van der Waals surface area contributed by atoms with Gasteiger partial charge in [0.15, 0.2) is 12.2 Å². The van der Waals surface area contributed by atoms with Crippen LogP contribution in [0.25, 0.3) is 0 Å². The number of amides is 1. The van der Waals surface area contributed by atoms with E-state index in [2.05, 4.69) is 34.6 Å². The topological polar surface area (TPSA) is 42.2 Å². The predicted molar refractivity (Wildman–Crippen MR) is 156 cm³/mol. The fourth-order valence-electron chi connectivity index (χ4n) is 4.49. The van der Waals surface area contributed by atoms with E-state index in [9.17, 15) is 4.79 Å². The Balaban J connectivity index is 1.33. The van der Waals surface area contributed by atoms with E-state index in [1.807, 2.05) is 48.5 Å². The van der Waals surface area contributed by atoms with Crippen LogP contribution in [0, 0.1) is 6.92 Å². The fourth-order valence-corrected chi connectivity index (χ4v) is 5.27. The van der Waals surface area contributed by atoms with Crippen LogP contribution in [0.3, 0.4) is 0 Å². The second-order valence-electron chi connectivity index (χ2n) is 10.0. The number of thiazole rings is 1. The second-order valence-corrected chi connectivity index (χ2v) is 10.7. The molecule has 0 fully saturated rings. The minimum atomic E-state index is -0.118. The Morgan fingerprint density at radius 3 is 2.08 bits per heavy atom. The molecule has 1 amide bonds. The minimum Gasteiger partial charge on any atom is -0.491 e. The minimum absolute atomic E-state index is 0.118. The summed E-state index contributed by atoms with van der Waals surface area (Å²) in [6.07, 6.45) is 15.9. The molecule has 0 radical (unpaired) electrons. The lowest BCUT2D eigenvalue weighted by Gasteiger charge is -2.12. The molecular weight excluding hydrogens is 476 g/mol. The van der Waals surface area contributed by atoms with Gasteiger partial charge in [-0.05, 0) is 30.7 Å². The zero-order chi connectivity index (χ0) is 26.1. The van der Waals surface area contributed by atoms with E-state index in [-0.39, 0.29) is 5.91 Å². The van der Waals surface area contributed by atoms with Crippen molar-refractivity contribution in [3.8, 4) is 5.75 Å². The largest absolute Gasteiger partial charge is 0.491 e. The number of anilines is 1. The van der Waals surface area contributed by atoms with E-state index in [4.69, 9.17) is 4.74 Å². The first-order valence-corrected chi connectivity index (χ1v) is 15.2. The molecule has 0 aliphatic carbocycles. The van der Waals surface area contributed by atoms with E-state index < -0.39 is 0 Å². The van der Waals surface area contributed by atoms with Crippen LogP contribution in [0.2, 0.25) is 0 Å². The smallest absolute Gasteiger partial charge is 0.255 e. The first-order valence-electron chi connectivity index (χ1n) is 14.2. The number of carbonyl (C=O) groups is 1. The highest BCUT2D eigenvalue weighted by Crippen LogP contribution is 2.25. The van der Waals surface area contributed by atoms with E-state index in [0.29, 0.717) is 12.2 Å². The highest BCUT2D eigenvalue weighted by molar-refractivity contribution is 7.07. The molecule has 2 aromatic carbocycles. The van der Waals surface area contributed by atoms with Crippen molar-refractivity contribution in [3.05, 3.63) is 76.2 Å². The van der Waals surface area contributed by atoms with Crippen molar-refractivity contribution in [2.75, 3.05) is 11.9 Å². The summed E-state index contributed by atoms with van der Waals surface area (Å²) in [5.74, 6) is 0.618. The molecule has 0 saturated heterocycles. The number of aryl methyl sites for hydroxylation is 1. The number of ether oxygens (including phenoxy) is 1. The summed E-state index contributed by atoms with van der Waals surface area (Å²) < 4.78 is 8.25. The van der Waals surface area contributed by atoms with Gasteiger partial charge in [0.1, 0.15) is 5.75 Å². The lowest BCUT2D eigenvalue weighted by Crippen LogP contribution is -2.34. The van der Waals surface area contributed by atoms with E-state index in [1.165, 1.54) is 81.9 Å². The first kappa shape index (κ1) is 28.9. The van der Waals surface area contributed by atoms with Crippen molar-refractivity contribution < 1.29 is 14.1 Å². The molecule has 1 heterocycles. The average molecular weight is 522 g/mol. The molecule has 1 aromatic heterocycles. The van der Waals surface area contributed by atoms with Gasteiger partial charge in [-0.2, -0.15) is 4.57 Å². The van der Waals surface area contributed by atoms with Gasteiger partial charge < -0.3 is 10.1 Å². The molecule has 0 aliphatic rings. The van der Waals surface area contributed by atoms with Crippen LogP contribution in [0.1, 0.15) is 106 Å². The Morgan fingerprint density at radius 2 is 1.46 bits per heavy atom. The second kappa shape index (κ2) is 17.0. The number of nitrogens with zero attached hydrogens (tertiary/aromatic N) is 1. The molecule has 0 aliphatic heterocycles. The van der Waals surface area contributed by atoms with Crippen LogP contribution >= 0.6 is 11.3 Å². The molecule has 5 heteroatoms. The van der Waals surface area contributed by atoms with Gasteiger partial charge in [-0.1, -0.05) is 113 Å². The fraction of sp³-hybridized carbons (Fsp3) is 0.500. The summed E-state index contributed by atoms with van der Waals surface area (Å²) >= 11 is 1.70. The molecule has 200 valence electrons. The van der Waals surface area contributed by atoms with Crippen LogP contribution < -0.4 is 14.6 Å². The number of carbonyl (C=O) groups excluding carboxylic acids is 1. The average Bonchev–Trinajstić information content (AvgIpc) is 3.32. The molecule has 0 unspecified atom stereocenters. The van der Waals surface area contributed by atoms with Gasteiger partial charge in [0.2, 0.25) is 5.51 Å². The van der Waals surface area contributed by atoms with Gasteiger partial charge in [0.05, 0.1) is 17.7 Å². The number of benzene rings is 2. The van der Waals surface area contributed by atoms with Gasteiger partial charge in [-0.25, -0.2) is 0 Å². The van der Waals surface area contributed by atoms with Crippen LogP contribution in [0.15, 0.2) is 59.4 Å². The number of unbranched alkanes of at least 4 members (excludes halogenated alkanes) is 11. The molecule has 0 saturated carbocycles. The summed E-state index contributed by atoms with van der Waals surface area (Å²) in [4.78, 5) is 12.9. The molecule has 3 rings (SSSR count). The zero-order valence-electron chi connectivity index (χ0n) is 22.8. The number of hydrogen-bond acceptors (Lipinski definition) is 3. The summed E-state index contributed by atoms with van der Waals surface area (Å²) in [7, 11) is 0. The molecule has 0 bridgehead atoms. The normalized spacial score (nSPS) is 11.0. The van der Waals surface area contributed by atoms with E-state index in [0.717, 1.165) is 24.4 Å². The Hall–Kier alpha value is -2.66. The SMILES string of the molecule is CCCCCCCCCCCCCCOc1ccccc1NC(=O)c1ccc(C[n+]2cscc2C)cc1. The lowest BCUT2D eigenvalue weighted by atomic mass is 10.1. The van der Waals surface area contributed by atoms with Crippen molar-refractivity contribution in [1.82, 2.24) is 0 Å². The maximum atomic E-state index is 12.9. The van der Waals surface area contributed by atoms with Crippen molar-refractivity contribution in [2.24, 2.45) is 0 Å². The van der Waals surface area contributed by atoms with Crippen LogP contribution in [0.4, 0.5) is 5.69 Å². The molecule has 0 spiro atoms. The van der Waals surface area contributed by atoms with E-state index in [1.54, 1.807) is 11.3 Å². The number of aromatic nitrogens is 1. The molecule has 1 N–H and O–H groups in total. The summed E-state index contributed by atoms with van der Waals surface area (Å²) in [5, 5.41) is 5.17. The number of nitrogens with one attached hydrogen (secondary N) is 1. The lowest BCUT2D eigenvalue weighted by molar-refractivity contribution is -0.689. The third-order valence-electron chi connectivity index (χ3n) is 6.84. The summed E-state index contributed by atoms with van der Waals surface area (Å²) in [6, 6.07) is 15.5. The van der Waals surface area contributed by atoms with Crippen LogP contribution in [-0.4, -0.2) is 12.5 Å². The first-order chi connectivity index (χ1) is 18.2. The maximum Gasteiger partial charge on any atom is 0.255 e.